The second-order valence-electron chi connectivity index (χ2n) is 5.63. The SMILES string of the molecule is CCN(C)C(=O)c1ccccc1Cn1cc(-c2ccncc2F)nn1. The molecule has 0 bridgehead atoms. The summed E-state index contributed by atoms with van der Waals surface area (Å²) in [5.41, 5.74) is 2.23. The van der Waals surface area contributed by atoms with Gasteiger partial charge in [0.05, 0.1) is 18.9 Å². The molecule has 0 unspecified atom stereocenters. The maximum absolute atomic E-state index is 13.8. The Morgan fingerprint density at radius 1 is 1.28 bits per heavy atom. The van der Waals surface area contributed by atoms with E-state index >= 15 is 0 Å². The van der Waals surface area contributed by atoms with Gasteiger partial charge in [-0.1, -0.05) is 23.4 Å². The minimum atomic E-state index is -0.449. The first-order valence-corrected chi connectivity index (χ1v) is 7.93. The molecule has 0 atom stereocenters. The topological polar surface area (TPSA) is 63.9 Å². The van der Waals surface area contributed by atoms with Crippen LogP contribution in [0.4, 0.5) is 4.39 Å². The van der Waals surface area contributed by atoms with Crippen molar-refractivity contribution in [3.63, 3.8) is 0 Å². The Morgan fingerprint density at radius 3 is 2.84 bits per heavy atom. The Morgan fingerprint density at radius 2 is 2.08 bits per heavy atom. The Labute approximate surface area is 144 Å². The molecule has 7 heteroatoms. The fraction of sp³-hybridized carbons (Fsp3) is 0.222. The van der Waals surface area contributed by atoms with Crippen LogP contribution in [0.3, 0.4) is 0 Å². The highest BCUT2D eigenvalue weighted by atomic mass is 19.1. The normalized spacial score (nSPS) is 10.7. The van der Waals surface area contributed by atoms with Crippen LogP contribution < -0.4 is 0 Å². The molecule has 3 rings (SSSR count). The van der Waals surface area contributed by atoms with Crippen molar-refractivity contribution < 1.29 is 9.18 Å². The molecule has 1 amide bonds. The Bertz CT molecular complexity index is 892. The highest BCUT2D eigenvalue weighted by Gasteiger charge is 2.15. The van der Waals surface area contributed by atoms with E-state index in [9.17, 15) is 9.18 Å². The zero-order valence-corrected chi connectivity index (χ0v) is 14.1. The van der Waals surface area contributed by atoms with Crippen molar-refractivity contribution >= 4 is 5.91 Å². The van der Waals surface area contributed by atoms with Crippen LogP contribution in [0.1, 0.15) is 22.8 Å². The van der Waals surface area contributed by atoms with E-state index in [1.807, 2.05) is 25.1 Å². The van der Waals surface area contributed by atoms with E-state index in [0.29, 0.717) is 29.9 Å². The molecule has 0 fully saturated rings. The first-order valence-electron chi connectivity index (χ1n) is 7.93. The van der Waals surface area contributed by atoms with Crippen LogP contribution in [0, 0.1) is 5.82 Å². The summed E-state index contributed by atoms with van der Waals surface area (Å²) in [6.45, 7) is 2.93. The summed E-state index contributed by atoms with van der Waals surface area (Å²) in [4.78, 5) is 17.9. The number of rotatable bonds is 5. The summed E-state index contributed by atoms with van der Waals surface area (Å²) >= 11 is 0. The van der Waals surface area contributed by atoms with Crippen molar-refractivity contribution in [1.29, 1.82) is 0 Å². The van der Waals surface area contributed by atoms with Gasteiger partial charge < -0.3 is 4.90 Å². The predicted octanol–water partition coefficient (Wildman–Crippen LogP) is 2.62. The standard InChI is InChI=1S/C18H18FN5O/c1-3-23(2)18(25)14-7-5-4-6-13(14)11-24-12-17(21-22-24)15-8-9-20-10-16(15)19/h4-10,12H,3,11H2,1-2H3. The van der Waals surface area contributed by atoms with Gasteiger partial charge in [-0.25, -0.2) is 9.07 Å². The maximum Gasteiger partial charge on any atom is 0.253 e. The molecule has 1 aromatic carbocycles. The fourth-order valence-corrected chi connectivity index (χ4v) is 2.47. The number of carbonyl (C=O) groups excluding carboxylic acids is 1. The largest absolute Gasteiger partial charge is 0.342 e. The molecule has 0 aliphatic rings. The summed E-state index contributed by atoms with van der Waals surface area (Å²) in [5.74, 6) is -0.492. The maximum atomic E-state index is 13.8. The monoisotopic (exact) mass is 339 g/mol. The van der Waals surface area contributed by atoms with E-state index in [-0.39, 0.29) is 5.91 Å². The van der Waals surface area contributed by atoms with Crippen molar-refractivity contribution in [3.8, 4) is 11.3 Å². The van der Waals surface area contributed by atoms with Gasteiger partial charge in [0.15, 0.2) is 5.82 Å². The highest BCUT2D eigenvalue weighted by Crippen LogP contribution is 2.19. The molecule has 0 aliphatic heterocycles. The minimum absolute atomic E-state index is 0.0429. The lowest BCUT2D eigenvalue weighted by molar-refractivity contribution is 0.0801. The number of halogens is 1. The van der Waals surface area contributed by atoms with Gasteiger partial charge in [0.2, 0.25) is 0 Å². The molecule has 25 heavy (non-hydrogen) atoms. The van der Waals surface area contributed by atoms with Crippen LogP contribution in [0.25, 0.3) is 11.3 Å². The average molecular weight is 339 g/mol. The summed E-state index contributed by atoms with van der Waals surface area (Å²) in [6.07, 6.45) is 4.30. The van der Waals surface area contributed by atoms with Crippen LogP contribution in [-0.4, -0.2) is 44.4 Å². The van der Waals surface area contributed by atoms with Crippen molar-refractivity contribution in [2.45, 2.75) is 13.5 Å². The first kappa shape index (κ1) is 16.8. The van der Waals surface area contributed by atoms with Crippen molar-refractivity contribution in [1.82, 2.24) is 24.9 Å². The number of benzene rings is 1. The van der Waals surface area contributed by atoms with Crippen molar-refractivity contribution in [2.75, 3.05) is 13.6 Å². The van der Waals surface area contributed by atoms with Crippen molar-refractivity contribution in [3.05, 3.63) is 65.9 Å². The number of carbonyl (C=O) groups is 1. The molecule has 2 aromatic heterocycles. The number of hydrogen-bond acceptors (Lipinski definition) is 4. The van der Waals surface area contributed by atoms with Crippen LogP contribution in [0.2, 0.25) is 0 Å². The van der Waals surface area contributed by atoms with Gasteiger partial charge in [0.25, 0.3) is 5.91 Å². The molecule has 0 spiro atoms. The summed E-state index contributed by atoms with van der Waals surface area (Å²) < 4.78 is 15.4. The third kappa shape index (κ3) is 3.55. The molecule has 3 aromatic rings. The van der Waals surface area contributed by atoms with Crippen molar-refractivity contribution in [2.24, 2.45) is 0 Å². The van der Waals surface area contributed by atoms with Gasteiger partial charge in [-0.2, -0.15) is 0 Å². The van der Waals surface area contributed by atoms with E-state index in [0.717, 1.165) is 11.8 Å². The third-order valence-electron chi connectivity index (χ3n) is 3.99. The van der Waals surface area contributed by atoms with Gasteiger partial charge in [0.1, 0.15) is 5.69 Å². The summed E-state index contributed by atoms with van der Waals surface area (Å²) in [5, 5.41) is 8.07. The predicted molar refractivity (Wildman–Crippen MR) is 91.4 cm³/mol. The molecule has 2 heterocycles. The number of nitrogens with zero attached hydrogens (tertiary/aromatic N) is 5. The smallest absolute Gasteiger partial charge is 0.253 e. The molecule has 0 saturated carbocycles. The zero-order chi connectivity index (χ0) is 17.8. The lowest BCUT2D eigenvalue weighted by atomic mass is 10.1. The molecular weight excluding hydrogens is 321 g/mol. The number of pyridine rings is 1. The summed E-state index contributed by atoms with van der Waals surface area (Å²) in [7, 11) is 1.76. The Hall–Kier alpha value is -3.09. The minimum Gasteiger partial charge on any atom is -0.342 e. The van der Waals surface area contributed by atoms with E-state index in [1.54, 1.807) is 35.0 Å². The van der Waals surface area contributed by atoms with Gasteiger partial charge in [-0.15, -0.1) is 5.10 Å². The second-order valence-corrected chi connectivity index (χ2v) is 5.63. The lowest BCUT2D eigenvalue weighted by Crippen LogP contribution is -2.27. The van der Waals surface area contributed by atoms with Crippen LogP contribution in [0.15, 0.2) is 48.9 Å². The zero-order valence-electron chi connectivity index (χ0n) is 14.1. The van der Waals surface area contributed by atoms with Gasteiger partial charge in [-0.3, -0.25) is 9.78 Å². The number of aromatic nitrogens is 4. The molecule has 0 aliphatic carbocycles. The Kier molecular flexibility index (Phi) is 4.83. The van der Waals surface area contributed by atoms with E-state index in [2.05, 4.69) is 15.3 Å². The van der Waals surface area contributed by atoms with Gasteiger partial charge >= 0.3 is 0 Å². The third-order valence-corrected chi connectivity index (χ3v) is 3.99. The lowest BCUT2D eigenvalue weighted by Gasteiger charge is -2.16. The second kappa shape index (κ2) is 7.21. The molecule has 0 saturated heterocycles. The molecule has 0 radical (unpaired) electrons. The molecular formula is C18H18FN5O. The number of hydrogen-bond donors (Lipinski definition) is 0. The van der Waals surface area contributed by atoms with E-state index in [4.69, 9.17) is 0 Å². The molecule has 0 N–H and O–H groups in total. The van der Waals surface area contributed by atoms with E-state index < -0.39 is 5.82 Å². The van der Waals surface area contributed by atoms with Crippen LogP contribution >= 0.6 is 0 Å². The quantitative estimate of drug-likeness (QED) is 0.717. The van der Waals surface area contributed by atoms with Gasteiger partial charge in [0, 0.05) is 30.9 Å². The van der Waals surface area contributed by atoms with E-state index in [1.165, 1.54) is 6.20 Å². The van der Waals surface area contributed by atoms with Crippen LogP contribution in [-0.2, 0) is 6.54 Å². The first-order chi connectivity index (χ1) is 12.1. The summed E-state index contributed by atoms with van der Waals surface area (Å²) in [6, 6.07) is 8.93. The number of amides is 1. The van der Waals surface area contributed by atoms with Gasteiger partial charge in [-0.05, 0) is 24.6 Å². The fourth-order valence-electron chi connectivity index (χ4n) is 2.47. The average Bonchev–Trinajstić information content (AvgIpc) is 3.09. The highest BCUT2D eigenvalue weighted by molar-refractivity contribution is 5.95. The Balaban J connectivity index is 1.87. The van der Waals surface area contributed by atoms with Crippen LogP contribution in [0.5, 0.6) is 0 Å². The molecule has 6 nitrogen and oxygen atoms in total. The molecule has 128 valence electrons.